The van der Waals surface area contributed by atoms with Gasteiger partial charge in [-0.2, -0.15) is 8.42 Å². The van der Waals surface area contributed by atoms with E-state index in [2.05, 4.69) is 0 Å². The molecule has 0 spiro atoms. The smallest absolute Gasteiger partial charge is 0.265 e. The van der Waals surface area contributed by atoms with Crippen LogP contribution in [0.4, 0.5) is 0 Å². The Morgan fingerprint density at radius 2 is 1.67 bits per heavy atom. The average molecular weight is 198 g/mol. The summed E-state index contributed by atoms with van der Waals surface area (Å²) >= 11 is 0. The van der Waals surface area contributed by atoms with Gasteiger partial charge in [-0.25, -0.2) is 0 Å². The van der Waals surface area contributed by atoms with Crippen molar-refractivity contribution in [3.05, 3.63) is 0 Å². The lowest BCUT2D eigenvalue weighted by molar-refractivity contribution is 0.0682. The quantitative estimate of drug-likeness (QED) is 0.505. The Morgan fingerprint density at radius 3 is 1.75 bits per heavy atom. The molecular formula is C6H14O5S. The lowest BCUT2D eigenvalue weighted by Gasteiger charge is -2.26. The zero-order valence-corrected chi connectivity index (χ0v) is 7.71. The van der Waals surface area contributed by atoms with E-state index in [1.54, 1.807) is 6.92 Å². The maximum Gasteiger partial charge on any atom is 0.265 e. The monoisotopic (exact) mass is 198 g/mol. The lowest BCUT2D eigenvalue weighted by Crippen LogP contribution is -2.36. The van der Waals surface area contributed by atoms with Gasteiger partial charge in [0.25, 0.3) is 10.1 Å². The van der Waals surface area contributed by atoms with Crippen LogP contribution in [0.25, 0.3) is 0 Å². The van der Waals surface area contributed by atoms with Crippen LogP contribution in [0.1, 0.15) is 13.3 Å². The Morgan fingerprint density at radius 1 is 1.25 bits per heavy atom. The molecule has 6 heteroatoms. The first kappa shape index (κ1) is 11.8. The molecule has 3 N–H and O–H groups in total. The van der Waals surface area contributed by atoms with Crippen LogP contribution < -0.4 is 0 Å². The molecule has 0 atom stereocenters. The summed E-state index contributed by atoms with van der Waals surface area (Å²) in [6.07, 6.45) is 0.291. The van der Waals surface area contributed by atoms with Crippen LogP contribution in [-0.4, -0.2) is 42.2 Å². The molecule has 0 aliphatic heterocycles. The van der Waals surface area contributed by atoms with E-state index in [1.807, 2.05) is 0 Å². The van der Waals surface area contributed by atoms with Crippen molar-refractivity contribution in [2.45, 2.75) is 13.3 Å². The van der Waals surface area contributed by atoms with Gasteiger partial charge in [-0.15, -0.1) is 0 Å². The molecule has 0 unspecified atom stereocenters. The summed E-state index contributed by atoms with van der Waals surface area (Å²) in [7, 11) is -4.14. The molecule has 0 radical (unpaired) electrons. The Balaban J connectivity index is 4.52. The fourth-order valence-corrected chi connectivity index (χ4v) is 2.01. The summed E-state index contributed by atoms with van der Waals surface area (Å²) in [5.74, 6) is -0.608. The molecule has 0 aliphatic carbocycles. The Kier molecular flexibility index (Phi) is 4.12. The molecule has 12 heavy (non-hydrogen) atoms. The lowest BCUT2D eigenvalue weighted by atomic mass is 9.90. The van der Waals surface area contributed by atoms with Gasteiger partial charge in [0.2, 0.25) is 0 Å². The molecular weight excluding hydrogens is 184 g/mol. The molecule has 0 bridgehead atoms. The van der Waals surface area contributed by atoms with Gasteiger partial charge in [-0.1, -0.05) is 6.92 Å². The minimum absolute atomic E-state index is 0.291. The number of aliphatic hydroxyl groups is 2. The van der Waals surface area contributed by atoms with E-state index in [9.17, 15) is 8.42 Å². The first-order valence-corrected chi connectivity index (χ1v) is 5.17. The molecule has 5 nitrogen and oxygen atoms in total. The zero-order valence-electron chi connectivity index (χ0n) is 6.89. The molecule has 0 amide bonds. The third-order valence-corrected chi connectivity index (χ3v) is 2.89. The summed E-state index contributed by atoms with van der Waals surface area (Å²) in [6, 6.07) is 0. The molecule has 0 fully saturated rings. The van der Waals surface area contributed by atoms with Crippen molar-refractivity contribution in [1.29, 1.82) is 0 Å². The Bertz CT molecular complexity index is 208. The van der Waals surface area contributed by atoms with E-state index in [0.29, 0.717) is 6.42 Å². The summed E-state index contributed by atoms with van der Waals surface area (Å²) in [5, 5.41) is 17.6. The van der Waals surface area contributed by atoms with Gasteiger partial charge in [0.05, 0.1) is 19.0 Å². The van der Waals surface area contributed by atoms with Crippen molar-refractivity contribution in [3.63, 3.8) is 0 Å². The molecule has 0 rings (SSSR count). The molecule has 0 saturated heterocycles. The van der Waals surface area contributed by atoms with Crippen LogP contribution in [0.5, 0.6) is 0 Å². The predicted molar refractivity (Wildman–Crippen MR) is 43.3 cm³/mol. The molecule has 0 aromatic carbocycles. The van der Waals surface area contributed by atoms with E-state index in [4.69, 9.17) is 14.8 Å². The fraction of sp³-hybridized carbons (Fsp3) is 1.00. The van der Waals surface area contributed by atoms with E-state index in [0.717, 1.165) is 0 Å². The van der Waals surface area contributed by atoms with Crippen molar-refractivity contribution in [2.75, 3.05) is 19.0 Å². The summed E-state index contributed by atoms with van der Waals surface area (Å²) in [5.41, 5.74) is -1.12. The maximum absolute atomic E-state index is 10.5. The largest absolute Gasteiger partial charge is 0.396 e. The van der Waals surface area contributed by atoms with Crippen molar-refractivity contribution < 1.29 is 23.2 Å². The number of hydrogen-bond donors (Lipinski definition) is 3. The number of rotatable bonds is 5. The van der Waals surface area contributed by atoms with Crippen LogP contribution in [0.3, 0.4) is 0 Å². The second-order valence-corrected chi connectivity index (χ2v) is 4.35. The van der Waals surface area contributed by atoms with E-state index >= 15 is 0 Å². The summed E-state index contributed by atoms with van der Waals surface area (Å²) < 4.78 is 29.4. The van der Waals surface area contributed by atoms with Crippen molar-refractivity contribution in [2.24, 2.45) is 5.41 Å². The minimum Gasteiger partial charge on any atom is -0.396 e. The predicted octanol–water partition coefficient (Wildman–Crippen LogP) is -0.745. The van der Waals surface area contributed by atoms with Gasteiger partial charge in [0.15, 0.2) is 0 Å². The molecule has 0 aliphatic rings. The van der Waals surface area contributed by atoms with Crippen molar-refractivity contribution in [1.82, 2.24) is 0 Å². The molecule has 0 saturated carbocycles. The van der Waals surface area contributed by atoms with Gasteiger partial charge in [-0.3, -0.25) is 4.55 Å². The van der Waals surface area contributed by atoms with Crippen LogP contribution in [-0.2, 0) is 10.1 Å². The van der Waals surface area contributed by atoms with Crippen LogP contribution in [0.15, 0.2) is 0 Å². The normalized spacial score (nSPS) is 13.3. The highest BCUT2D eigenvalue weighted by molar-refractivity contribution is 7.85. The highest BCUT2D eigenvalue weighted by Gasteiger charge is 2.31. The van der Waals surface area contributed by atoms with E-state index in [1.165, 1.54) is 0 Å². The SMILES string of the molecule is CCC(CO)(CO)CS(=O)(=O)O. The van der Waals surface area contributed by atoms with E-state index in [-0.39, 0.29) is 0 Å². The third-order valence-electron chi connectivity index (χ3n) is 1.91. The Hall–Kier alpha value is -0.170. The first-order valence-electron chi connectivity index (χ1n) is 3.56. The highest BCUT2D eigenvalue weighted by Crippen LogP contribution is 2.22. The van der Waals surface area contributed by atoms with Gasteiger partial charge in [-0.05, 0) is 6.42 Å². The Labute approximate surface area is 71.8 Å². The van der Waals surface area contributed by atoms with Crippen LogP contribution in [0.2, 0.25) is 0 Å². The summed E-state index contributed by atoms with van der Waals surface area (Å²) in [6.45, 7) is 0.719. The number of hydrogen-bond acceptors (Lipinski definition) is 4. The molecule has 0 aromatic rings. The average Bonchev–Trinajstić information content (AvgIpc) is 1.99. The first-order chi connectivity index (χ1) is 5.39. The summed E-state index contributed by atoms with van der Waals surface area (Å²) in [4.78, 5) is 0. The van der Waals surface area contributed by atoms with E-state index < -0.39 is 34.5 Å². The van der Waals surface area contributed by atoms with Gasteiger partial charge < -0.3 is 10.2 Å². The van der Waals surface area contributed by atoms with Gasteiger partial charge in [0.1, 0.15) is 0 Å². The standard InChI is InChI=1S/C6H14O5S/c1-2-6(3-7,4-8)5-12(9,10)11/h7-8H,2-5H2,1H3,(H,9,10,11). The molecule has 74 valence electrons. The maximum atomic E-state index is 10.5. The molecule has 0 aromatic heterocycles. The second kappa shape index (κ2) is 4.18. The van der Waals surface area contributed by atoms with Gasteiger partial charge in [0, 0.05) is 5.41 Å². The van der Waals surface area contributed by atoms with Crippen molar-refractivity contribution >= 4 is 10.1 Å². The minimum atomic E-state index is -4.14. The highest BCUT2D eigenvalue weighted by atomic mass is 32.2. The van der Waals surface area contributed by atoms with Crippen LogP contribution >= 0.6 is 0 Å². The zero-order chi connectivity index (χ0) is 9.83. The second-order valence-electron chi connectivity index (χ2n) is 2.90. The fourth-order valence-electron chi connectivity index (χ4n) is 0.854. The number of aliphatic hydroxyl groups excluding tert-OH is 2. The van der Waals surface area contributed by atoms with Gasteiger partial charge >= 0.3 is 0 Å². The van der Waals surface area contributed by atoms with Crippen LogP contribution in [0, 0.1) is 5.41 Å². The topological polar surface area (TPSA) is 94.8 Å². The van der Waals surface area contributed by atoms with Crippen molar-refractivity contribution in [3.8, 4) is 0 Å². The molecule has 0 heterocycles. The third kappa shape index (κ3) is 3.48.